The van der Waals surface area contributed by atoms with E-state index in [1.54, 1.807) is 19.2 Å². The maximum atomic E-state index is 13.6. The van der Waals surface area contributed by atoms with Gasteiger partial charge in [-0.2, -0.15) is 0 Å². The second-order valence-electron chi connectivity index (χ2n) is 8.70. The Labute approximate surface area is 205 Å². The zero-order valence-corrected chi connectivity index (χ0v) is 19.9. The van der Waals surface area contributed by atoms with Crippen LogP contribution in [-0.4, -0.2) is 13.7 Å². The molecule has 0 saturated heterocycles. The minimum Gasteiger partial charge on any atom is -0.446 e. The van der Waals surface area contributed by atoms with Crippen LogP contribution < -0.4 is 11.2 Å². The Balaban J connectivity index is 1.75. The van der Waals surface area contributed by atoms with E-state index in [0.717, 1.165) is 21.4 Å². The van der Waals surface area contributed by atoms with Crippen molar-refractivity contribution in [2.24, 2.45) is 14.1 Å². The molecule has 0 radical (unpaired) electrons. The molecule has 0 aliphatic carbocycles. The third-order valence-corrected chi connectivity index (χ3v) is 6.88. The van der Waals surface area contributed by atoms with E-state index in [2.05, 4.69) is 4.57 Å². The van der Waals surface area contributed by atoms with Crippen molar-refractivity contribution < 1.29 is 9.15 Å². The predicted molar refractivity (Wildman–Crippen MR) is 134 cm³/mol. The van der Waals surface area contributed by atoms with E-state index in [1.165, 1.54) is 11.6 Å². The maximum absolute atomic E-state index is 13.6. The summed E-state index contributed by atoms with van der Waals surface area (Å²) in [7, 11) is 3.18. The lowest BCUT2D eigenvalue weighted by molar-refractivity contribution is -0.0362. The fourth-order valence-electron chi connectivity index (χ4n) is 5.05. The normalized spacial score (nSPS) is 17.6. The Hall–Kier alpha value is -3.81. The largest absolute Gasteiger partial charge is 0.446 e. The predicted octanol–water partition coefficient (Wildman–Crippen LogP) is 4.81. The Bertz CT molecular complexity index is 1680. The summed E-state index contributed by atoms with van der Waals surface area (Å²) in [6.07, 6.45) is -0.998. The van der Waals surface area contributed by atoms with Crippen molar-refractivity contribution in [1.82, 2.24) is 13.7 Å². The third kappa shape index (κ3) is 3.31. The number of aryl methyl sites for hydroxylation is 1. The molecule has 2 aromatic carbocycles. The number of rotatable bonds is 3. The Morgan fingerprint density at radius 1 is 0.886 bits per heavy atom. The smallest absolute Gasteiger partial charge is 0.331 e. The first-order valence-electron chi connectivity index (χ1n) is 11.3. The summed E-state index contributed by atoms with van der Waals surface area (Å²) in [6.45, 7) is 0.459. The van der Waals surface area contributed by atoms with Gasteiger partial charge in [-0.3, -0.25) is 13.9 Å². The number of benzene rings is 2. The first kappa shape index (κ1) is 21.7. The molecule has 5 aromatic rings. The zero-order chi connectivity index (χ0) is 24.3. The maximum Gasteiger partial charge on any atom is 0.331 e. The Morgan fingerprint density at radius 3 is 2.23 bits per heavy atom. The number of fused-ring (bicyclic) bond motifs is 3. The molecule has 176 valence electrons. The summed E-state index contributed by atoms with van der Waals surface area (Å²) in [5.41, 5.74) is 3.09. The Morgan fingerprint density at radius 2 is 1.57 bits per heavy atom. The number of aromatic nitrogens is 3. The molecule has 0 amide bonds. The number of hydrogen-bond acceptors (Lipinski definition) is 4. The molecule has 7 nitrogen and oxygen atoms in total. The van der Waals surface area contributed by atoms with Crippen molar-refractivity contribution >= 4 is 22.5 Å². The first-order valence-corrected chi connectivity index (χ1v) is 11.7. The summed E-state index contributed by atoms with van der Waals surface area (Å²) in [5, 5.41) is 0.705. The molecule has 1 aliphatic heterocycles. The van der Waals surface area contributed by atoms with Gasteiger partial charge in [-0.1, -0.05) is 60.7 Å². The summed E-state index contributed by atoms with van der Waals surface area (Å²) in [6, 6.07) is 23.1. The first-order chi connectivity index (χ1) is 17.0. The number of hydrogen-bond donors (Lipinski definition) is 0. The van der Waals surface area contributed by atoms with Crippen molar-refractivity contribution in [3.8, 4) is 11.3 Å². The molecule has 0 N–H and O–H groups in total. The van der Waals surface area contributed by atoms with E-state index in [1.807, 2.05) is 60.7 Å². The van der Waals surface area contributed by atoms with Crippen LogP contribution in [0.25, 0.3) is 22.2 Å². The van der Waals surface area contributed by atoms with E-state index < -0.39 is 11.8 Å². The Kier molecular flexibility index (Phi) is 5.05. The van der Waals surface area contributed by atoms with Crippen molar-refractivity contribution in [2.45, 2.75) is 18.8 Å². The SMILES string of the molecule is Cn1c(=O)c2c(-c3ccccc3)n3c(c2n(C)c1=O)C(c1ccc(Cl)o1)OC(c1ccccc1)C3. The van der Waals surface area contributed by atoms with Crippen LogP contribution in [-0.2, 0) is 25.4 Å². The van der Waals surface area contributed by atoms with Crippen LogP contribution in [0.15, 0.2) is 86.8 Å². The minimum atomic E-state index is -0.681. The van der Waals surface area contributed by atoms with Crippen LogP contribution in [0.1, 0.15) is 29.2 Å². The second-order valence-corrected chi connectivity index (χ2v) is 9.07. The lowest BCUT2D eigenvalue weighted by Gasteiger charge is -2.32. The summed E-state index contributed by atoms with van der Waals surface area (Å²) >= 11 is 6.14. The molecule has 1 aliphatic rings. The van der Waals surface area contributed by atoms with Gasteiger partial charge < -0.3 is 13.7 Å². The van der Waals surface area contributed by atoms with Gasteiger partial charge >= 0.3 is 5.69 Å². The quantitative estimate of drug-likeness (QED) is 0.366. The lowest BCUT2D eigenvalue weighted by atomic mass is 10.0. The van der Waals surface area contributed by atoms with Gasteiger partial charge in [0.2, 0.25) is 0 Å². The van der Waals surface area contributed by atoms with Gasteiger partial charge in [0.25, 0.3) is 5.56 Å². The van der Waals surface area contributed by atoms with Crippen molar-refractivity contribution in [3.05, 3.63) is 116 Å². The fraction of sp³-hybridized carbons (Fsp3) is 0.185. The van der Waals surface area contributed by atoms with Gasteiger partial charge in [0.15, 0.2) is 11.3 Å². The van der Waals surface area contributed by atoms with E-state index in [4.69, 9.17) is 20.8 Å². The molecule has 2 unspecified atom stereocenters. The van der Waals surface area contributed by atoms with Crippen LogP contribution >= 0.6 is 11.6 Å². The summed E-state index contributed by atoms with van der Waals surface area (Å²) in [5.74, 6) is 0.504. The number of nitrogens with zero attached hydrogens (tertiary/aromatic N) is 3. The lowest BCUT2D eigenvalue weighted by Crippen LogP contribution is -2.37. The molecule has 0 fully saturated rings. The second kappa shape index (κ2) is 8.15. The third-order valence-electron chi connectivity index (χ3n) is 6.67. The van der Waals surface area contributed by atoms with E-state index in [-0.39, 0.29) is 16.9 Å². The van der Waals surface area contributed by atoms with Crippen LogP contribution in [0.5, 0.6) is 0 Å². The molecule has 4 heterocycles. The number of furan rings is 1. The fourth-order valence-corrected chi connectivity index (χ4v) is 5.20. The molecule has 0 spiro atoms. The molecule has 0 saturated carbocycles. The van der Waals surface area contributed by atoms with E-state index in [0.29, 0.717) is 28.9 Å². The average molecular weight is 488 g/mol. The molecule has 6 rings (SSSR count). The minimum absolute atomic E-state index is 0.237. The number of halogens is 1. The molecular weight excluding hydrogens is 466 g/mol. The van der Waals surface area contributed by atoms with Gasteiger partial charge in [-0.15, -0.1) is 0 Å². The topological polar surface area (TPSA) is 71.3 Å². The van der Waals surface area contributed by atoms with Crippen LogP contribution in [0.4, 0.5) is 0 Å². The highest BCUT2D eigenvalue weighted by molar-refractivity contribution is 6.28. The standard InChI is InChI=1S/C27H22ClN3O4/c1-29-23-21(26(32)30(2)27(29)33)22(17-11-7-4-8-12-17)31-15-19(16-9-5-3-6-10-16)35-25(24(23)31)18-13-14-20(28)34-18/h3-14,19,25H,15H2,1-2H3. The highest BCUT2D eigenvalue weighted by Gasteiger charge is 2.38. The zero-order valence-electron chi connectivity index (χ0n) is 19.1. The number of ether oxygens (including phenoxy) is 1. The molecule has 8 heteroatoms. The highest BCUT2D eigenvalue weighted by Crippen LogP contribution is 2.45. The molecule has 2 atom stereocenters. The van der Waals surface area contributed by atoms with Crippen LogP contribution in [0.3, 0.4) is 0 Å². The summed E-state index contributed by atoms with van der Waals surface area (Å²) < 4.78 is 17.2. The van der Waals surface area contributed by atoms with Gasteiger partial charge in [0.1, 0.15) is 11.9 Å². The highest BCUT2D eigenvalue weighted by atomic mass is 35.5. The monoisotopic (exact) mass is 487 g/mol. The van der Waals surface area contributed by atoms with Gasteiger partial charge in [-0.25, -0.2) is 4.79 Å². The van der Waals surface area contributed by atoms with Crippen LogP contribution in [0.2, 0.25) is 5.22 Å². The van der Waals surface area contributed by atoms with E-state index in [9.17, 15) is 9.59 Å². The molecule has 35 heavy (non-hydrogen) atoms. The van der Waals surface area contributed by atoms with Crippen molar-refractivity contribution in [3.63, 3.8) is 0 Å². The molecular formula is C27H22ClN3O4. The van der Waals surface area contributed by atoms with Crippen LogP contribution in [0, 0.1) is 0 Å². The van der Waals surface area contributed by atoms with E-state index >= 15 is 0 Å². The van der Waals surface area contributed by atoms with Gasteiger partial charge in [0.05, 0.1) is 28.8 Å². The molecule has 0 bridgehead atoms. The average Bonchev–Trinajstić information content (AvgIpc) is 3.48. The van der Waals surface area contributed by atoms with Crippen molar-refractivity contribution in [1.29, 1.82) is 0 Å². The van der Waals surface area contributed by atoms with Gasteiger partial charge in [-0.05, 0) is 34.9 Å². The molecule has 3 aromatic heterocycles. The van der Waals surface area contributed by atoms with Gasteiger partial charge in [0, 0.05) is 14.1 Å². The van der Waals surface area contributed by atoms with Crippen molar-refractivity contribution in [2.75, 3.05) is 0 Å². The summed E-state index contributed by atoms with van der Waals surface area (Å²) in [4.78, 5) is 26.6.